The third kappa shape index (κ3) is 12.1. The molecule has 0 unspecified atom stereocenters. The van der Waals surface area contributed by atoms with Gasteiger partial charge in [0.25, 0.3) is 0 Å². The summed E-state index contributed by atoms with van der Waals surface area (Å²) in [7, 11) is 0. The molecule has 3 nitrogen and oxygen atoms in total. The SMILES string of the molecule is CC(C)(C)OCC(=O)NCCCCCI. The number of carbonyl (C=O) groups excluding carboxylic acids is 1. The van der Waals surface area contributed by atoms with E-state index in [2.05, 4.69) is 27.9 Å². The third-order valence-corrected chi connectivity index (χ3v) is 2.53. The molecule has 0 aromatic heterocycles. The molecule has 0 atom stereocenters. The van der Waals surface area contributed by atoms with Crippen LogP contribution >= 0.6 is 22.6 Å². The molecule has 0 bridgehead atoms. The Balaban J connectivity index is 3.34. The summed E-state index contributed by atoms with van der Waals surface area (Å²) in [5.41, 5.74) is -0.238. The monoisotopic (exact) mass is 327 g/mol. The van der Waals surface area contributed by atoms with Crippen molar-refractivity contribution in [1.82, 2.24) is 5.32 Å². The van der Waals surface area contributed by atoms with E-state index in [-0.39, 0.29) is 18.1 Å². The highest BCUT2D eigenvalue weighted by atomic mass is 127. The van der Waals surface area contributed by atoms with Crippen LogP contribution in [0.1, 0.15) is 40.0 Å². The van der Waals surface area contributed by atoms with E-state index in [0.29, 0.717) is 0 Å². The maximum absolute atomic E-state index is 11.3. The lowest BCUT2D eigenvalue weighted by Gasteiger charge is -2.18. The summed E-state index contributed by atoms with van der Waals surface area (Å²) >= 11 is 2.37. The predicted octanol–water partition coefficient (Wildman–Crippen LogP) is 2.52. The molecule has 0 aromatic carbocycles. The Kier molecular flexibility index (Phi) is 8.42. The number of ether oxygens (including phenoxy) is 1. The van der Waals surface area contributed by atoms with Crippen LogP contribution in [0.3, 0.4) is 0 Å². The average Bonchev–Trinajstić information content (AvgIpc) is 2.13. The number of nitrogens with one attached hydrogen (secondary N) is 1. The fraction of sp³-hybridized carbons (Fsp3) is 0.909. The van der Waals surface area contributed by atoms with Gasteiger partial charge in [0.2, 0.25) is 5.91 Å². The lowest BCUT2D eigenvalue weighted by Crippen LogP contribution is -2.32. The van der Waals surface area contributed by atoms with Crippen LogP contribution < -0.4 is 5.32 Å². The van der Waals surface area contributed by atoms with Crippen molar-refractivity contribution in [3.63, 3.8) is 0 Å². The van der Waals surface area contributed by atoms with Crippen LogP contribution in [0.15, 0.2) is 0 Å². The van der Waals surface area contributed by atoms with E-state index in [9.17, 15) is 4.79 Å². The maximum atomic E-state index is 11.3. The van der Waals surface area contributed by atoms with Crippen molar-refractivity contribution in [2.45, 2.75) is 45.6 Å². The number of carbonyl (C=O) groups is 1. The van der Waals surface area contributed by atoms with Crippen molar-refractivity contribution >= 4 is 28.5 Å². The van der Waals surface area contributed by atoms with Gasteiger partial charge in [0, 0.05) is 6.54 Å². The van der Waals surface area contributed by atoms with Crippen molar-refractivity contribution < 1.29 is 9.53 Å². The van der Waals surface area contributed by atoms with E-state index in [1.807, 2.05) is 20.8 Å². The quantitative estimate of drug-likeness (QED) is 0.443. The van der Waals surface area contributed by atoms with E-state index in [4.69, 9.17) is 4.74 Å². The summed E-state index contributed by atoms with van der Waals surface area (Å²) in [6.45, 7) is 6.76. The molecule has 1 amide bonds. The summed E-state index contributed by atoms with van der Waals surface area (Å²) in [6, 6.07) is 0. The molecular weight excluding hydrogens is 305 g/mol. The number of unbranched alkanes of at least 4 members (excludes halogenated alkanes) is 2. The van der Waals surface area contributed by atoms with Crippen molar-refractivity contribution in [3.8, 4) is 0 Å². The van der Waals surface area contributed by atoms with Crippen LogP contribution in [-0.4, -0.2) is 29.1 Å². The van der Waals surface area contributed by atoms with Gasteiger partial charge >= 0.3 is 0 Å². The molecule has 0 aliphatic heterocycles. The van der Waals surface area contributed by atoms with Crippen molar-refractivity contribution in [3.05, 3.63) is 0 Å². The summed E-state index contributed by atoms with van der Waals surface area (Å²) in [4.78, 5) is 11.3. The van der Waals surface area contributed by atoms with Crippen molar-refractivity contribution in [2.24, 2.45) is 0 Å². The van der Waals surface area contributed by atoms with Gasteiger partial charge in [-0.15, -0.1) is 0 Å². The second-order valence-electron chi connectivity index (χ2n) is 4.50. The molecule has 15 heavy (non-hydrogen) atoms. The van der Waals surface area contributed by atoms with Crippen molar-refractivity contribution in [1.29, 1.82) is 0 Å². The van der Waals surface area contributed by atoms with E-state index in [0.717, 1.165) is 13.0 Å². The Morgan fingerprint density at radius 2 is 1.93 bits per heavy atom. The van der Waals surface area contributed by atoms with Crippen LogP contribution in [0.4, 0.5) is 0 Å². The Labute approximate surface area is 106 Å². The van der Waals surface area contributed by atoms with E-state index >= 15 is 0 Å². The van der Waals surface area contributed by atoms with Gasteiger partial charge in [-0.2, -0.15) is 0 Å². The molecule has 0 saturated carbocycles. The molecule has 0 aliphatic rings. The average molecular weight is 327 g/mol. The minimum Gasteiger partial charge on any atom is -0.366 e. The molecule has 0 aliphatic carbocycles. The van der Waals surface area contributed by atoms with E-state index in [1.165, 1.54) is 17.3 Å². The molecule has 0 fully saturated rings. The fourth-order valence-corrected chi connectivity index (χ4v) is 1.50. The van der Waals surface area contributed by atoms with Gasteiger partial charge in [0.15, 0.2) is 0 Å². The van der Waals surface area contributed by atoms with Gasteiger partial charge in [-0.3, -0.25) is 4.79 Å². The number of rotatable bonds is 7. The maximum Gasteiger partial charge on any atom is 0.246 e. The Hall–Kier alpha value is 0.160. The second kappa shape index (κ2) is 8.33. The van der Waals surface area contributed by atoms with Crippen LogP contribution in [0.5, 0.6) is 0 Å². The first-order valence-electron chi connectivity index (χ1n) is 5.42. The highest BCUT2D eigenvalue weighted by molar-refractivity contribution is 14.1. The largest absolute Gasteiger partial charge is 0.366 e. The number of alkyl halides is 1. The normalized spacial score (nSPS) is 11.5. The first kappa shape index (κ1) is 15.2. The van der Waals surface area contributed by atoms with Crippen LogP contribution in [0.2, 0.25) is 0 Å². The van der Waals surface area contributed by atoms with Crippen molar-refractivity contribution in [2.75, 3.05) is 17.6 Å². The summed E-state index contributed by atoms with van der Waals surface area (Å²) in [5.74, 6) is -0.0144. The zero-order chi connectivity index (χ0) is 11.7. The molecular formula is C11H22INO2. The van der Waals surface area contributed by atoms with Gasteiger partial charge in [-0.25, -0.2) is 0 Å². The minimum atomic E-state index is -0.238. The van der Waals surface area contributed by atoms with Gasteiger partial charge < -0.3 is 10.1 Å². The molecule has 4 heteroatoms. The Morgan fingerprint density at radius 1 is 1.27 bits per heavy atom. The predicted molar refractivity (Wildman–Crippen MR) is 71.5 cm³/mol. The topological polar surface area (TPSA) is 38.3 Å². The van der Waals surface area contributed by atoms with E-state index < -0.39 is 0 Å². The zero-order valence-electron chi connectivity index (χ0n) is 9.94. The minimum absolute atomic E-state index is 0.0144. The molecule has 1 N–H and O–H groups in total. The fourth-order valence-electron chi connectivity index (χ4n) is 0.957. The lowest BCUT2D eigenvalue weighted by atomic mass is 10.2. The molecule has 0 rings (SSSR count). The van der Waals surface area contributed by atoms with Gasteiger partial charge in [0.05, 0.1) is 5.60 Å². The molecule has 0 aromatic rings. The summed E-state index contributed by atoms with van der Waals surface area (Å²) < 4.78 is 6.55. The van der Waals surface area contributed by atoms with E-state index in [1.54, 1.807) is 0 Å². The second-order valence-corrected chi connectivity index (χ2v) is 5.58. The molecule has 90 valence electrons. The Bertz CT molecular complexity index is 178. The standard InChI is InChI=1S/C11H22INO2/c1-11(2,3)15-9-10(14)13-8-6-4-5-7-12/h4-9H2,1-3H3,(H,13,14). The number of hydrogen-bond donors (Lipinski definition) is 1. The Morgan fingerprint density at radius 3 is 2.47 bits per heavy atom. The first-order chi connectivity index (χ1) is 6.95. The summed E-state index contributed by atoms with van der Waals surface area (Å²) in [6.07, 6.45) is 3.47. The number of amides is 1. The number of halogens is 1. The highest BCUT2D eigenvalue weighted by Gasteiger charge is 2.12. The first-order valence-corrected chi connectivity index (χ1v) is 6.95. The van der Waals surface area contributed by atoms with Gasteiger partial charge in [-0.1, -0.05) is 29.0 Å². The van der Waals surface area contributed by atoms with Gasteiger partial charge in [-0.05, 0) is 38.0 Å². The van der Waals surface area contributed by atoms with Gasteiger partial charge in [0.1, 0.15) is 6.61 Å². The highest BCUT2D eigenvalue weighted by Crippen LogP contribution is 2.05. The van der Waals surface area contributed by atoms with Crippen LogP contribution in [0.25, 0.3) is 0 Å². The zero-order valence-corrected chi connectivity index (χ0v) is 12.1. The van der Waals surface area contributed by atoms with Crippen LogP contribution in [-0.2, 0) is 9.53 Å². The molecule has 0 spiro atoms. The number of hydrogen-bond acceptors (Lipinski definition) is 2. The molecule has 0 heterocycles. The smallest absolute Gasteiger partial charge is 0.246 e. The summed E-state index contributed by atoms with van der Waals surface area (Å²) in [5, 5.41) is 2.85. The van der Waals surface area contributed by atoms with Crippen LogP contribution in [0, 0.1) is 0 Å². The third-order valence-electron chi connectivity index (χ3n) is 1.77. The molecule has 0 radical (unpaired) electrons. The lowest BCUT2D eigenvalue weighted by molar-refractivity contribution is -0.130. The molecule has 0 saturated heterocycles.